The number of aromatic nitrogens is 3. The van der Waals surface area contributed by atoms with Gasteiger partial charge in [-0.25, -0.2) is 4.98 Å². The molecule has 3 heterocycles. The Bertz CT molecular complexity index is 903. The van der Waals surface area contributed by atoms with E-state index in [0.717, 1.165) is 16.8 Å². The molecule has 1 fully saturated rings. The fourth-order valence-corrected chi connectivity index (χ4v) is 3.55. The number of aromatic amines is 1. The third kappa shape index (κ3) is 3.04. The van der Waals surface area contributed by atoms with Gasteiger partial charge in [-0.3, -0.25) is 24.2 Å². The fraction of sp³-hybridized carbons (Fsp3) is 0.529. The first-order chi connectivity index (χ1) is 11.8. The quantitative estimate of drug-likeness (QED) is 0.852. The van der Waals surface area contributed by atoms with E-state index < -0.39 is 5.97 Å². The van der Waals surface area contributed by atoms with Crippen molar-refractivity contribution in [3.05, 3.63) is 27.2 Å². The Morgan fingerprint density at radius 1 is 1.28 bits per heavy atom. The molecule has 1 aliphatic rings. The molecule has 8 heteroatoms. The van der Waals surface area contributed by atoms with Crippen molar-refractivity contribution in [1.82, 2.24) is 19.7 Å². The molecule has 8 nitrogen and oxygen atoms in total. The molecule has 3 rings (SSSR count). The Balaban J connectivity index is 1.84. The lowest BCUT2D eigenvalue weighted by molar-refractivity contribution is -0.145. The number of carbonyl (C=O) groups is 2. The highest BCUT2D eigenvalue weighted by molar-refractivity contribution is 5.85. The van der Waals surface area contributed by atoms with Gasteiger partial charge in [0.2, 0.25) is 5.91 Å². The molecule has 1 aliphatic heterocycles. The van der Waals surface area contributed by atoms with Gasteiger partial charge in [0.1, 0.15) is 0 Å². The summed E-state index contributed by atoms with van der Waals surface area (Å²) in [7, 11) is 1.73. The van der Waals surface area contributed by atoms with E-state index in [4.69, 9.17) is 5.11 Å². The van der Waals surface area contributed by atoms with E-state index in [2.05, 4.69) is 10.1 Å². The van der Waals surface area contributed by atoms with E-state index >= 15 is 0 Å². The van der Waals surface area contributed by atoms with Crippen molar-refractivity contribution < 1.29 is 14.7 Å². The predicted molar refractivity (Wildman–Crippen MR) is 91.5 cm³/mol. The number of hydrogen-bond acceptors (Lipinski definition) is 4. The lowest BCUT2D eigenvalue weighted by atomic mass is 9.96. The van der Waals surface area contributed by atoms with Crippen LogP contribution in [0.4, 0.5) is 0 Å². The van der Waals surface area contributed by atoms with Crippen molar-refractivity contribution in [3.63, 3.8) is 0 Å². The number of carbonyl (C=O) groups excluding carboxylic acids is 1. The Kier molecular flexibility index (Phi) is 4.36. The minimum absolute atomic E-state index is 0.0523. The fourth-order valence-electron chi connectivity index (χ4n) is 3.55. The molecule has 0 unspecified atom stereocenters. The summed E-state index contributed by atoms with van der Waals surface area (Å²) in [5.74, 6) is -1.21. The molecule has 0 atom stereocenters. The van der Waals surface area contributed by atoms with Crippen LogP contribution in [-0.4, -0.2) is 49.7 Å². The summed E-state index contributed by atoms with van der Waals surface area (Å²) in [5, 5.41) is 12.3. The zero-order chi connectivity index (χ0) is 18.3. The highest BCUT2D eigenvalue weighted by Crippen LogP contribution is 2.22. The Hall–Kier alpha value is -2.64. The van der Waals surface area contributed by atoms with Crippen LogP contribution in [0.1, 0.15) is 29.7 Å². The van der Waals surface area contributed by atoms with E-state index in [9.17, 15) is 14.4 Å². The minimum Gasteiger partial charge on any atom is -0.481 e. The van der Waals surface area contributed by atoms with Gasteiger partial charge in [0.25, 0.3) is 5.56 Å². The third-order valence-corrected chi connectivity index (χ3v) is 5.10. The van der Waals surface area contributed by atoms with Gasteiger partial charge < -0.3 is 10.0 Å². The van der Waals surface area contributed by atoms with Crippen LogP contribution in [0.3, 0.4) is 0 Å². The number of aliphatic carboxylic acids is 1. The number of hydrogen-bond donors (Lipinski definition) is 2. The van der Waals surface area contributed by atoms with E-state index in [1.54, 1.807) is 16.6 Å². The number of piperidine rings is 1. The molecule has 0 radical (unpaired) electrons. The first kappa shape index (κ1) is 17.2. The maximum Gasteiger partial charge on any atom is 0.306 e. The molecular formula is C17H22N4O4. The molecular weight excluding hydrogens is 324 g/mol. The van der Waals surface area contributed by atoms with Crippen LogP contribution >= 0.6 is 0 Å². The largest absolute Gasteiger partial charge is 0.481 e. The molecule has 1 saturated heterocycles. The highest BCUT2D eigenvalue weighted by Gasteiger charge is 2.27. The van der Waals surface area contributed by atoms with Crippen molar-refractivity contribution in [2.24, 2.45) is 13.0 Å². The number of nitrogens with zero attached hydrogens (tertiary/aromatic N) is 3. The lowest BCUT2D eigenvalue weighted by Gasteiger charge is -2.30. The smallest absolute Gasteiger partial charge is 0.306 e. The van der Waals surface area contributed by atoms with Crippen LogP contribution in [0.5, 0.6) is 0 Å². The van der Waals surface area contributed by atoms with Crippen molar-refractivity contribution in [2.45, 2.75) is 33.1 Å². The molecule has 0 aromatic carbocycles. The molecule has 0 aliphatic carbocycles. The summed E-state index contributed by atoms with van der Waals surface area (Å²) in [4.78, 5) is 41.9. The molecule has 2 aromatic rings. The third-order valence-electron chi connectivity index (χ3n) is 5.10. The molecule has 25 heavy (non-hydrogen) atoms. The van der Waals surface area contributed by atoms with Gasteiger partial charge >= 0.3 is 5.97 Å². The van der Waals surface area contributed by atoms with Crippen molar-refractivity contribution >= 4 is 22.9 Å². The first-order valence-corrected chi connectivity index (χ1v) is 8.35. The van der Waals surface area contributed by atoms with Gasteiger partial charge in [-0.05, 0) is 37.8 Å². The molecule has 0 bridgehead atoms. The minimum atomic E-state index is -0.795. The zero-order valence-electron chi connectivity index (χ0n) is 14.6. The summed E-state index contributed by atoms with van der Waals surface area (Å²) in [6.07, 6.45) is 1.13. The maximum atomic E-state index is 12.6. The number of carboxylic acid groups (broad SMARTS) is 1. The number of amides is 1. The number of likely N-dealkylation sites (tertiary alicyclic amines) is 1. The summed E-state index contributed by atoms with van der Waals surface area (Å²) >= 11 is 0. The monoisotopic (exact) mass is 346 g/mol. The number of carboxylic acids is 1. The second-order valence-corrected chi connectivity index (χ2v) is 6.67. The average molecular weight is 346 g/mol. The van der Waals surface area contributed by atoms with Gasteiger partial charge in [-0.1, -0.05) is 0 Å². The molecule has 2 N–H and O–H groups in total. The Morgan fingerprint density at radius 3 is 2.52 bits per heavy atom. The summed E-state index contributed by atoms with van der Waals surface area (Å²) in [6, 6.07) is 0. The van der Waals surface area contributed by atoms with E-state index in [0.29, 0.717) is 37.0 Å². The Morgan fingerprint density at radius 2 is 1.92 bits per heavy atom. The molecule has 1 amide bonds. The summed E-state index contributed by atoms with van der Waals surface area (Å²) < 4.78 is 1.58. The first-order valence-electron chi connectivity index (χ1n) is 8.35. The number of rotatable bonds is 3. The highest BCUT2D eigenvalue weighted by atomic mass is 16.4. The zero-order valence-corrected chi connectivity index (χ0v) is 14.6. The van der Waals surface area contributed by atoms with Gasteiger partial charge in [0.05, 0.1) is 17.7 Å². The standard InChI is InChI=1S/C17H22N4O4/c1-9-12(10(2)18-15-14(9)16(23)19-20(15)3)8-13(22)21-6-4-11(5-7-21)17(24)25/h11H,4-8H2,1-3H3,(H,19,23)(H,24,25). The number of aryl methyl sites for hydroxylation is 3. The summed E-state index contributed by atoms with van der Waals surface area (Å²) in [6.45, 7) is 4.58. The second-order valence-electron chi connectivity index (χ2n) is 6.67. The number of fused-ring (bicyclic) bond motifs is 1. The normalized spacial score (nSPS) is 15.7. The predicted octanol–water partition coefficient (Wildman–Crippen LogP) is 0.744. The van der Waals surface area contributed by atoms with E-state index in [-0.39, 0.29) is 23.8 Å². The van der Waals surface area contributed by atoms with Gasteiger partial charge in [-0.15, -0.1) is 0 Å². The number of nitrogens with one attached hydrogen (secondary N) is 1. The summed E-state index contributed by atoms with van der Waals surface area (Å²) in [5.41, 5.74) is 2.65. The SMILES string of the molecule is Cc1nc2c(c(C)c1CC(=O)N1CCC(C(=O)O)CC1)c(=O)[nH]n2C. The van der Waals surface area contributed by atoms with Crippen LogP contribution in [0.2, 0.25) is 0 Å². The van der Waals surface area contributed by atoms with Crippen molar-refractivity contribution in [3.8, 4) is 0 Å². The van der Waals surface area contributed by atoms with Crippen LogP contribution < -0.4 is 5.56 Å². The van der Waals surface area contributed by atoms with Crippen LogP contribution in [0, 0.1) is 19.8 Å². The number of pyridine rings is 1. The number of H-pyrrole nitrogens is 1. The Labute approximate surface area is 144 Å². The van der Waals surface area contributed by atoms with Crippen LogP contribution in [0.15, 0.2) is 4.79 Å². The second kappa shape index (κ2) is 6.34. The van der Waals surface area contributed by atoms with Crippen LogP contribution in [0.25, 0.3) is 11.0 Å². The average Bonchev–Trinajstić information content (AvgIpc) is 2.85. The van der Waals surface area contributed by atoms with Gasteiger partial charge in [0, 0.05) is 25.8 Å². The molecule has 0 saturated carbocycles. The van der Waals surface area contributed by atoms with Gasteiger partial charge in [0.15, 0.2) is 5.65 Å². The van der Waals surface area contributed by atoms with Gasteiger partial charge in [-0.2, -0.15) is 0 Å². The van der Waals surface area contributed by atoms with E-state index in [1.807, 2.05) is 13.8 Å². The van der Waals surface area contributed by atoms with Crippen LogP contribution in [-0.2, 0) is 23.1 Å². The van der Waals surface area contributed by atoms with Crippen molar-refractivity contribution in [1.29, 1.82) is 0 Å². The van der Waals surface area contributed by atoms with E-state index in [1.165, 1.54) is 0 Å². The molecule has 2 aromatic heterocycles. The lowest BCUT2D eigenvalue weighted by Crippen LogP contribution is -2.41. The molecule has 134 valence electrons. The topological polar surface area (TPSA) is 108 Å². The maximum absolute atomic E-state index is 12.6. The molecule has 0 spiro atoms. The van der Waals surface area contributed by atoms with Crippen molar-refractivity contribution in [2.75, 3.05) is 13.1 Å².